The van der Waals surface area contributed by atoms with E-state index in [-0.39, 0.29) is 0 Å². The molecule has 2 unspecified atom stereocenters. The molecule has 3 N–H and O–H groups in total. The smallest absolute Gasteiger partial charge is 0.263 e. The van der Waals surface area contributed by atoms with Crippen molar-refractivity contribution in [3.63, 3.8) is 0 Å². The number of carbonyl (C=O) groups excluding carboxylic acids is 1. The summed E-state index contributed by atoms with van der Waals surface area (Å²) in [6, 6.07) is 6.28. The Bertz CT molecular complexity index is 458. The quantitative estimate of drug-likeness (QED) is 0.822. The molecule has 18 heavy (non-hydrogen) atoms. The van der Waals surface area contributed by atoms with Gasteiger partial charge in [-0.15, -0.1) is 0 Å². The highest BCUT2D eigenvalue weighted by molar-refractivity contribution is 7.87. The van der Waals surface area contributed by atoms with Gasteiger partial charge >= 0.3 is 0 Å². The molecule has 0 aliphatic rings. The van der Waals surface area contributed by atoms with Crippen molar-refractivity contribution in [2.24, 2.45) is 11.7 Å². The maximum atomic E-state index is 12.3. The average Bonchev–Trinajstić information content (AvgIpc) is 2.36. The lowest BCUT2D eigenvalue weighted by molar-refractivity contribution is -0.131. The van der Waals surface area contributed by atoms with Crippen LogP contribution in [-0.4, -0.2) is 27.3 Å². The monoisotopic (exact) mass is 271 g/mol. The summed E-state index contributed by atoms with van der Waals surface area (Å²) < 4.78 is 17.2. The Labute approximate surface area is 108 Å². The standard InChI is InChI=1S/C12H17NO4S/c1-8(2)12(15,11(13)14)18(16)10-6-4-9(17-3)5-7-10/h4-8,15H,1-3H3,(H2,13,14). The zero-order valence-electron chi connectivity index (χ0n) is 10.5. The Morgan fingerprint density at radius 2 is 1.89 bits per heavy atom. The number of primary amides is 1. The van der Waals surface area contributed by atoms with Crippen LogP contribution in [0.5, 0.6) is 5.75 Å². The molecule has 0 fully saturated rings. The molecule has 2 atom stereocenters. The maximum absolute atomic E-state index is 12.3. The predicted molar refractivity (Wildman–Crippen MR) is 68.4 cm³/mol. The molecule has 1 aromatic rings. The number of aliphatic hydroxyl groups is 1. The van der Waals surface area contributed by atoms with Crippen molar-refractivity contribution in [3.05, 3.63) is 24.3 Å². The third-order valence-corrected chi connectivity index (χ3v) is 4.63. The van der Waals surface area contributed by atoms with Gasteiger partial charge in [-0.25, -0.2) is 0 Å². The van der Waals surface area contributed by atoms with E-state index in [0.29, 0.717) is 10.6 Å². The lowest BCUT2D eigenvalue weighted by Crippen LogP contribution is -2.51. The van der Waals surface area contributed by atoms with Gasteiger partial charge in [0.1, 0.15) is 5.75 Å². The topological polar surface area (TPSA) is 89.6 Å². The Hall–Kier alpha value is -1.40. The van der Waals surface area contributed by atoms with E-state index in [1.165, 1.54) is 19.2 Å². The molecule has 1 rings (SSSR count). The fourth-order valence-corrected chi connectivity index (χ4v) is 2.82. The van der Waals surface area contributed by atoms with Crippen LogP contribution in [0.25, 0.3) is 0 Å². The summed E-state index contributed by atoms with van der Waals surface area (Å²) in [5, 5.41) is 10.2. The summed E-state index contributed by atoms with van der Waals surface area (Å²) in [7, 11) is -0.418. The van der Waals surface area contributed by atoms with Gasteiger partial charge in [0.15, 0.2) is 0 Å². The van der Waals surface area contributed by atoms with Gasteiger partial charge in [0, 0.05) is 10.8 Å². The third-order valence-electron chi connectivity index (χ3n) is 2.69. The number of ether oxygens (including phenoxy) is 1. The summed E-state index contributed by atoms with van der Waals surface area (Å²) in [6.45, 7) is 3.18. The minimum absolute atomic E-state index is 0.325. The number of amides is 1. The first-order valence-corrected chi connectivity index (χ1v) is 6.57. The molecule has 0 aliphatic heterocycles. The van der Waals surface area contributed by atoms with Gasteiger partial charge in [-0.1, -0.05) is 13.8 Å². The van der Waals surface area contributed by atoms with Crippen molar-refractivity contribution in [1.29, 1.82) is 0 Å². The Morgan fingerprint density at radius 3 is 2.22 bits per heavy atom. The molecule has 1 aromatic carbocycles. The molecule has 0 saturated carbocycles. The second-order valence-corrected chi connectivity index (χ2v) is 5.79. The molecule has 0 spiro atoms. The molecule has 0 saturated heterocycles. The number of nitrogens with two attached hydrogens (primary N) is 1. The van der Waals surface area contributed by atoms with Crippen LogP contribution in [0.4, 0.5) is 0 Å². The summed E-state index contributed by atoms with van der Waals surface area (Å²) in [6.07, 6.45) is 0. The molecule has 0 aliphatic carbocycles. The van der Waals surface area contributed by atoms with Gasteiger partial charge in [-0.2, -0.15) is 0 Å². The fourth-order valence-electron chi connectivity index (χ4n) is 1.47. The second-order valence-electron chi connectivity index (χ2n) is 4.16. The summed E-state index contributed by atoms with van der Waals surface area (Å²) in [5.74, 6) is -0.951. The van der Waals surface area contributed by atoms with Gasteiger partial charge < -0.3 is 15.6 Å². The third kappa shape index (κ3) is 2.54. The summed E-state index contributed by atoms with van der Waals surface area (Å²) in [5.41, 5.74) is 5.16. The molecule has 1 amide bonds. The number of rotatable bonds is 5. The van der Waals surface area contributed by atoms with Gasteiger partial charge in [0.25, 0.3) is 5.91 Å². The van der Waals surface area contributed by atoms with Crippen molar-refractivity contribution in [2.45, 2.75) is 23.7 Å². The summed E-state index contributed by atoms with van der Waals surface area (Å²) >= 11 is 0. The van der Waals surface area contributed by atoms with Crippen LogP contribution >= 0.6 is 0 Å². The lowest BCUT2D eigenvalue weighted by atomic mass is 10.1. The van der Waals surface area contributed by atoms with Crippen molar-refractivity contribution in [2.75, 3.05) is 7.11 Å². The molecular formula is C12H17NO4S. The first-order chi connectivity index (χ1) is 8.33. The molecular weight excluding hydrogens is 254 g/mol. The van der Waals surface area contributed by atoms with E-state index in [1.54, 1.807) is 26.0 Å². The van der Waals surface area contributed by atoms with Gasteiger partial charge in [-0.3, -0.25) is 9.00 Å². The van der Waals surface area contributed by atoms with Crippen molar-refractivity contribution in [1.82, 2.24) is 0 Å². The minimum Gasteiger partial charge on any atom is -0.497 e. The van der Waals surface area contributed by atoms with Crippen LogP contribution in [0.15, 0.2) is 29.2 Å². The zero-order chi connectivity index (χ0) is 13.9. The van der Waals surface area contributed by atoms with Crippen molar-refractivity contribution in [3.8, 4) is 5.75 Å². The highest BCUT2D eigenvalue weighted by Crippen LogP contribution is 2.27. The molecule has 5 nitrogen and oxygen atoms in total. The number of methoxy groups -OCH3 is 1. The zero-order valence-corrected chi connectivity index (χ0v) is 11.4. The highest BCUT2D eigenvalue weighted by atomic mass is 32.2. The van der Waals surface area contributed by atoms with Gasteiger partial charge in [0.05, 0.1) is 17.9 Å². The average molecular weight is 271 g/mol. The summed E-state index contributed by atoms with van der Waals surface area (Å²) in [4.78, 5) is 9.61. The normalized spacial score (nSPS) is 16.1. The fraction of sp³-hybridized carbons (Fsp3) is 0.417. The Morgan fingerprint density at radius 1 is 1.39 bits per heavy atom. The molecule has 100 valence electrons. The van der Waals surface area contributed by atoms with E-state index in [0.717, 1.165) is 0 Å². The molecule has 0 heterocycles. The first-order valence-electron chi connectivity index (χ1n) is 5.42. The van der Waals surface area contributed by atoms with E-state index in [1.807, 2.05) is 0 Å². The van der Waals surface area contributed by atoms with Gasteiger partial charge in [0.2, 0.25) is 4.93 Å². The van der Waals surface area contributed by atoms with Crippen LogP contribution in [0.2, 0.25) is 0 Å². The van der Waals surface area contributed by atoms with Crippen LogP contribution in [0, 0.1) is 5.92 Å². The number of hydrogen-bond donors (Lipinski definition) is 2. The van der Waals surface area contributed by atoms with E-state index < -0.39 is 27.6 Å². The van der Waals surface area contributed by atoms with Crippen LogP contribution in [0.3, 0.4) is 0 Å². The molecule has 0 bridgehead atoms. The number of carbonyl (C=O) groups is 1. The SMILES string of the molecule is COc1ccc(S(=O)C(O)(C(N)=O)C(C)C)cc1. The van der Waals surface area contributed by atoms with Crippen LogP contribution < -0.4 is 10.5 Å². The van der Waals surface area contributed by atoms with Crippen molar-refractivity contribution >= 4 is 16.7 Å². The van der Waals surface area contributed by atoms with Crippen LogP contribution in [0.1, 0.15) is 13.8 Å². The van der Waals surface area contributed by atoms with Crippen LogP contribution in [-0.2, 0) is 15.6 Å². The molecule has 6 heteroatoms. The van der Waals surface area contributed by atoms with E-state index in [4.69, 9.17) is 10.5 Å². The lowest BCUT2D eigenvalue weighted by Gasteiger charge is -2.27. The highest BCUT2D eigenvalue weighted by Gasteiger charge is 2.44. The predicted octanol–water partition coefficient (Wildman–Crippen LogP) is 0.633. The Kier molecular flexibility index (Phi) is 4.48. The Balaban J connectivity index is 3.14. The van der Waals surface area contributed by atoms with E-state index >= 15 is 0 Å². The largest absolute Gasteiger partial charge is 0.497 e. The minimum atomic E-state index is -2.07. The van der Waals surface area contributed by atoms with E-state index in [9.17, 15) is 14.1 Å². The van der Waals surface area contributed by atoms with Gasteiger partial charge in [-0.05, 0) is 24.3 Å². The first kappa shape index (κ1) is 14.7. The molecule has 0 radical (unpaired) electrons. The maximum Gasteiger partial charge on any atom is 0.263 e. The second kappa shape index (κ2) is 5.49. The van der Waals surface area contributed by atoms with Crippen molar-refractivity contribution < 1.29 is 18.8 Å². The van der Waals surface area contributed by atoms with E-state index in [2.05, 4.69) is 0 Å². The number of hydrogen-bond acceptors (Lipinski definition) is 4. The molecule has 0 aromatic heterocycles. The number of benzene rings is 1.